The molecular weight excluding hydrogens is 242 g/mol. The van der Waals surface area contributed by atoms with Gasteiger partial charge in [-0.25, -0.2) is 4.79 Å². The topological polar surface area (TPSA) is 75.5 Å². The van der Waals surface area contributed by atoms with Gasteiger partial charge >= 0.3 is 6.09 Å². The number of amides is 1. The fraction of sp³-hybridized carbons (Fsp3) is 0.700. The summed E-state index contributed by atoms with van der Waals surface area (Å²) in [5.41, 5.74) is -0.511. The van der Waals surface area contributed by atoms with E-state index in [-0.39, 0.29) is 6.61 Å². The molecule has 0 bridgehead atoms. The second-order valence-corrected chi connectivity index (χ2v) is 5.73. The highest BCUT2D eigenvalue weighted by atomic mass is 32.1. The van der Waals surface area contributed by atoms with Crippen LogP contribution in [0.3, 0.4) is 0 Å². The number of nitrogens with zero attached hydrogens (tertiary/aromatic N) is 3. The van der Waals surface area contributed by atoms with Gasteiger partial charge in [-0.1, -0.05) is 11.3 Å². The molecule has 1 aromatic rings. The van der Waals surface area contributed by atoms with Crippen molar-refractivity contribution in [3.63, 3.8) is 0 Å². The van der Waals surface area contributed by atoms with Gasteiger partial charge in [0.05, 0.1) is 13.2 Å². The Bertz CT molecular complexity index is 386. The molecule has 0 spiro atoms. The lowest BCUT2D eigenvalue weighted by atomic mass is 10.2. The molecule has 1 heterocycles. The number of hydrogen-bond donors (Lipinski definition) is 1. The van der Waals surface area contributed by atoms with Crippen LogP contribution in [-0.2, 0) is 17.9 Å². The SMILES string of the molecule is CN(Cc1nnc(CO)s1)C(=O)OC(C)(C)C. The Hall–Kier alpha value is -1.21. The van der Waals surface area contributed by atoms with Gasteiger partial charge in [0.25, 0.3) is 0 Å². The highest BCUT2D eigenvalue weighted by molar-refractivity contribution is 7.11. The van der Waals surface area contributed by atoms with E-state index in [1.165, 1.54) is 16.2 Å². The Labute approximate surface area is 104 Å². The van der Waals surface area contributed by atoms with E-state index in [0.717, 1.165) is 0 Å². The summed E-state index contributed by atoms with van der Waals surface area (Å²) in [5, 5.41) is 17.7. The number of carbonyl (C=O) groups is 1. The maximum atomic E-state index is 11.7. The first-order valence-corrected chi connectivity index (χ1v) is 5.99. The number of aliphatic hydroxyl groups is 1. The van der Waals surface area contributed by atoms with E-state index in [4.69, 9.17) is 9.84 Å². The lowest BCUT2D eigenvalue weighted by Gasteiger charge is -2.23. The van der Waals surface area contributed by atoms with Gasteiger partial charge in [-0.15, -0.1) is 10.2 Å². The monoisotopic (exact) mass is 259 g/mol. The van der Waals surface area contributed by atoms with Crippen molar-refractivity contribution in [1.29, 1.82) is 0 Å². The Morgan fingerprint density at radius 2 is 2.00 bits per heavy atom. The zero-order valence-corrected chi connectivity index (χ0v) is 11.2. The number of aliphatic hydroxyl groups excluding tert-OH is 1. The molecule has 0 aliphatic carbocycles. The fourth-order valence-corrected chi connectivity index (χ4v) is 1.78. The average Bonchev–Trinajstić information content (AvgIpc) is 2.62. The highest BCUT2D eigenvalue weighted by Crippen LogP contribution is 2.14. The predicted molar refractivity (Wildman–Crippen MR) is 63.5 cm³/mol. The minimum Gasteiger partial charge on any atom is -0.444 e. The van der Waals surface area contributed by atoms with E-state index in [2.05, 4.69) is 10.2 Å². The molecule has 0 saturated carbocycles. The van der Waals surface area contributed by atoms with E-state index in [1.807, 2.05) is 20.8 Å². The molecule has 1 N–H and O–H groups in total. The summed E-state index contributed by atoms with van der Waals surface area (Å²) in [4.78, 5) is 13.1. The second-order valence-electron chi connectivity index (χ2n) is 4.58. The van der Waals surface area contributed by atoms with Crippen LogP contribution in [0, 0.1) is 0 Å². The second kappa shape index (κ2) is 5.42. The van der Waals surface area contributed by atoms with Crippen LogP contribution in [0.2, 0.25) is 0 Å². The van der Waals surface area contributed by atoms with Gasteiger partial charge < -0.3 is 14.7 Å². The van der Waals surface area contributed by atoms with Gasteiger partial charge in [-0.2, -0.15) is 0 Å². The lowest BCUT2D eigenvalue weighted by Crippen LogP contribution is -2.33. The minimum atomic E-state index is -0.511. The summed E-state index contributed by atoms with van der Waals surface area (Å²) in [6.45, 7) is 5.63. The standard InChI is InChI=1S/C10H17N3O3S/c1-10(2,3)16-9(15)13(4)5-7-11-12-8(6-14)17-7/h14H,5-6H2,1-4H3. The van der Waals surface area contributed by atoms with Crippen LogP contribution < -0.4 is 0 Å². The van der Waals surface area contributed by atoms with E-state index in [9.17, 15) is 4.79 Å². The third kappa shape index (κ3) is 4.66. The number of ether oxygens (including phenoxy) is 1. The maximum absolute atomic E-state index is 11.7. The molecule has 1 amide bonds. The Morgan fingerprint density at radius 1 is 1.41 bits per heavy atom. The van der Waals surface area contributed by atoms with Crippen molar-refractivity contribution >= 4 is 17.4 Å². The van der Waals surface area contributed by atoms with Crippen molar-refractivity contribution in [1.82, 2.24) is 15.1 Å². The molecule has 6 nitrogen and oxygen atoms in total. The van der Waals surface area contributed by atoms with Gasteiger partial charge in [0.15, 0.2) is 0 Å². The first kappa shape index (κ1) is 13.9. The minimum absolute atomic E-state index is 0.131. The zero-order valence-electron chi connectivity index (χ0n) is 10.4. The van der Waals surface area contributed by atoms with Crippen LogP contribution in [0.4, 0.5) is 4.79 Å². The lowest BCUT2D eigenvalue weighted by molar-refractivity contribution is 0.0284. The summed E-state index contributed by atoms with van der Waals surface area (Å²) in [6.07, 6.45) is -0.404. The Morgan fingerprint density at radius 3 is 2.47 bits per heavy atom. The molecule has 0 aliphatic heterocycles. The van der Waals surface area contributed by atoms with Crippen LogP contribution in [0.1, 0.15) is 30.8 Å². The molecule has 0 saturated heterocycles. The first-order valence-electron chi connectivity index (χ1n) is 5.18. The smallest absolute Gasteiger partial charge is 0.410 e. The van der Waals surface area contributed by atoms with Crippen molar-refractivity contribution in [3.05, 3.63) is 10.0 Å². The quantitative estimate of drug-likeness (QED) is 0.888. The number of hydrogen-bond acceptors (Lipinski definition) is 6. The van der Waals surface area contributed by atoms with Gasteiger partial charge in [0.2, 0.25) is 0 Å². The van der Waals surface area contributed by atoms with Crippen LogP contribution in [0.15, 0.2) is 0 Å². The van der Waals surface area contributed by atoms with Crippen molar-refractivity contribution in [2.75, 3.05) is 7.05 Å². The Kier molecular flexibility index (Phi) is 4.41. The zero-order chi connectivity index (χ0) is 13.1. The molecule has 1 rings (SSSR count). The molecule has 0 fully saturated rings. The number of carbonyl (C=O) groups excluding carboxylic acids is 1. The van der Waals surface area contributed by atoms with E-state index < -0.39 is 11.7 Å². The highest BCUT2D eigenvalue weighted by Gasteiger charge is 2.20. The average molecular weight is 259 g/mol. The van der Waals surface area contributed by atoms with Gasteiger partial charge in [-0.05, 0) is 20.8 Å². The van der Waals surface area contributed by atoms with Crippen LogP contribution in [0.25, 0.3) is 0 Å². The number of aromatic nitrogens is 2. The molecular formula is C10H17N3O3S. The van der Waals surface area contributed by atoms with Gasteiger partial charge in [0, 0.05) is 7.05 Å². The van der Waals surface area contributed by atoms with Crippen molar-refractivity contribution in [3.8, 4) is 0 Å². The van der Waals surface area contributed by atoms with E-state index in [0.29, 0.717) is 16.6 Å². The molecule has 0 aromatic carbocycles. The fourth-order valence-electron chi connectivity index (χ4n) is 1.02. The summed E-state index contributed by atoms with van der Waals surface area (Å²) in [5.74, 6) is 0. The summed E-state index contributed by atoms with van der Waals surface area (Å²) in [7, 11) is 1.63. The van der Waals surface area contributed by atoms with Crippen LogP contribution >= 0.6 is 11.3 Å². The van der Waals surface area contributed by atoms with Gasteiger partial charge in [-0.3, -0.25) is 0 Å². The van der Waals surface area contributed by atoms with Crippen molar-refractivity contribution in [2.45, 2.75) is 39.5 Å². The Balaban J connectivity index is 2.54. The maximum Gasteiger partial charge on any atom is 0.410 e. The normalized spacial score (nSPS) is 11.4. The molecule has 1 aromatic heterocycles. The molecule has 0 radical (unpaired) electrons. The summed E-state index contributed by atoms with van der Waals surface area (Å²) < 4.78 is 5.20. The largest absolute Gasteiger partial charge is 0.444 e. The van der Waals surface area contributed by atoms with Crippen molar-refractivity contribution < 1.29 is 14.6 Å². The summed E-state index contributed by atoms with van der Waals surface area (Å²) >= 11 is 1.27. The molecule has 96 valence electrons. The molecule has 0 aliphatic rings. The molecule has 0 unspecified atom stereocenters. The van der Waals surface area contributed by atoms with Gasteiger partial charge in [0.1, 0.15) is 15.6 Å². The first-order chi connectivity index (χ1) is 7.81. The van der Waals surface area contributed by atoms with E-state index in [1.54, 1.807) is 7.05 Å². The van der Waals surface area contributed by atoms with E-state index >= 15 is 0 Å². The molecule has 17 heavy (non-hydrogen) atoms. The van der Waals surface area contributed by atoms with Crippen LogP contribution in [-0.4, -0.2) is 38.9 Å². The third-order valence-corrected chi connectivity index (χ3v) is 2.61. The van der Waals surface area contributed by atoms with Crippen molar-refractivity contribution in [2.24, 2.45) is 0 Å². The van der Waals surface area contributed by atoms with Crippen LogP contribution in [0.5, 0.6) is 0 Å². The predicted octanol–water partition coefficient (Wildman–Crippen LogP) is 1.40. The third-order valence-electron chi connectivity index (χ3n) is 1.72. The number of rotatable bonds is 3. The molecule has 7 heteroatoms. The molecule has 0 atom stereocenters. The summed E-state index contributed by atoms with van der Waals surface area (Å²) in [6, 6.07) is 0.